The first-order valence-electron chi connectivity index (χ1n) is 25.3. The molecule has 3 saturated heterocycles. The summed E-state index contributed by atoms with van der Waals surface area (Å²) in [7, 11) is 0. The largest absolute Gasteiger partial charge is 0.294 e. The van der Waals surface area contributed by atoms with Gasteiger partial charge in [-0.05, 0) is 156 Å². The van der Waals surface area contributed by atoms with Crippen molar-refractivity contribution in [1.82, 2.24) is 14.7 Å². The molecule has 5 heteroatoms. The van der Waals surface area contributed by atoms with Crippen molar-refractivity contribution < 1.29 is 0 Å². The van der Waals surface area contributed by atoms with Crippen molar-refractivity contribution >= 4 is 0 Å². The van der Waals surface area contributed by atoms with Crippen molar-refractivity contribution in [2.75, 3.05) is 0 Å². The van der Waals surface area contributed by atoms with E-state index >= 15 is 0 Å². The normalized spacial score (nSPS) is 52.1. The minimum atomic E-state index is 0.0579. The van der Waals surface area contributed by atoms with Crippen molar-refractivity contribution in [3.63, 3.8) is 0 Å². The molecule has 0 aromatic heterocycles. The quantitative estimate of drug-likeness (QED) is 0.287. The number of hydrogen-bond donors (Lipinski definition) is 0. The summed E-state index contributed by atoms with van der Waals surface area (Å²) in [5.74, 6) is 6.58. The molecule has 3 heterocycles. The van der Waals surface area contributed by atoms with Crippen LogP contribution in [0.5, 0.6) is 0 Å². The minimum Gasteiger partial charge on any atom is -0.294 e. The van der Waals surface area contributed by atoms with E-state index in [1.54, 1.807) is 0 Å². The van der Waals surface area contributed by atoms with Crippen molar-refractivity contribution in [3.8, 4) is 12.1 Å². The molecule has 0 N–H and O–H groups in total. The van der Waals surface area contributed by atoms with E-state index in [0.717, 1.165) is 91.0 Å². The highest BCUT2D eigenvalue weighted by atomic mass is 15.5. The Hall–Kier alpha value is -1.14. The molecule has 11 rings (SSSR count). The smallest absolute Gasteiger partial charge is 0.0754 e. The van der Waals surface area contributed by atoms with E-state index in [1.807, 2.05) is 0 Å². The molecule has 8 saturated carbocycles. The third-order valence-electron chi connectivity index (χ3n) is 20.5. The number of fused-ring (bicyclic) bond motifs is 9. The summed E-state index contributed by atoms with van der Waals surface area (Å²) in [6.45, 7) is 0. The molecule has 11 fully saturated rings. The lowest BCUT2D eigenvalue weighted by molar-refractivity contribution is -0.185. The van der Waals surface area contributed by atoms with Crippen LogP contribution < -0.4 is 0 Å². The summed E-state index contributed by atoms with van der Waals surface area (Å²) >= 11 is 0. The van der Waals surface area contributed by atoms with Crippen LogP contribution in [-0.2, 0) is 0 Å². The molecule has 302 valence electrons. The third-order valence-corrected chi connectivity index (χ3v) is 20.5. The average Bonchev–Trinajstić information content (AvgIpc) is 3.90. The number of hydrogen-bond acceptors (Lipinski definition) is 5. The summed E-state index contributed by atoms with van der Waals surface area (Å²) in [5.41, 5.74) is 0.163. The molecule has 0 aromatic carbocycles. The predicted octanol–water partition coefficient (Wildman–Crippen LogP) is 11.2. The molecule has 0 bridgehead atoms. The van der Waals surface area contributed by atoms with Crippen LogP contribution in [0.3, 0.4) is 0 Å². The maximum absolute atomic E-state index is 11.1. The van der Waals surface area contributed by atoms with Gasteiger partial charge >= 0.3 is 0 Å². The third kappa shape index (κ3) is 5.85. The average molecular weight is 748 g/mol. The second-order valence-corrected chi connectivity index (χ2v) is 22.4. The minimum absolute atomic E-state index is 0.0579. The molecule has 16 unspecified atom stereocenters. The zero-order chi connectivity index (χ0) is 36.7. The van der Waals surface area contributed by atoms with E-state index in [-0.39, 0.29) is 17.5 Å². The lowest BCUT2D eigenvalue weighted by Gasteiger charge is -2.64. The highest BCUT2D eigenvalue weighted by molar-refractivity contribution is 5.22. The van der Waals surface area contributed by atoms with Crippen LogP contribution in [0.4, 0.5) is 0 Å². The summed E-state index contributed by atoms with van der Waals surface area (Å²) in [6.07, 6.45) is 42.3. The highest BCUT2D eigenvalue weighted by Crippen LogP contribution is 2.66. The standard InChI is InChI=1S/C50H77N5/c51-31-33-26-27-36(34(28-33)32-52)42-29-50(54-45-22-10-5-16-37(45)38-17-6-11-23-46(38)54,55-47-24-12-7-18-39(47)40-19-8-13-25-48(40)55)30-43-41-20-4-9-21-44(41)53(49(42)43)35-14-2-1-3-15-35/h33-49H,1-30H2. The van der Waals surface area contributed by atoms with Crippen molar-refractivity contribution in [1.29, 1.82) is 10.5 Å². The van der Waals surface area contributed by atoms with Gasteiger partial charge in [0.1, 0.15) is 0 Å². The second kappa shape index (κ2) is 15.2. The molecule has 3 aliphatic heterocycles. The zero-order valence-electron chi connectivity index (χ0n) is 34.8. The van der Waals surface area contributed by atoms with Crippen LogP contribution in [-0.4, -0.2) is 62.7 Å². The van der Waals surface area contributed by atoms with Crippen LogP contribution in [0, 0.1) is 81.8 Å². The monoisotopic (exact) mass is 748 g/mol. The van der Waals surface area contributed by atoms with Crippen LogP contribution >= 0.6 is 0 Å². The Morgan fingerprint density at radius 2 is 0.800 bits per heavy atom. The Morgan fingerprint density at radius 3 is 1.27 bits per heavy atom. The van der Waals surface area contributed by atoms with E-state index in [0.29, 0.717) is 17.9 Å². The van der Waals surface area contributed by atoms with Crippen molar-refractivity contribution in [2.45, 2.75) is 241 Å². The Kier molecular flexibility index (Phi) is 10.2. The van der Waals surface area contributed by atoms with E-state index < -0.39 is 0 Å². The molecule has 8 aliphatic carbocycles. The van der Waals surface area contributed by atoms with Gasteiger partial charge in [-0.2, -0.15) is 10.5 Å². The first kappa shape index (κ1) is 36.9. The fourth-order valence-electron chi connectivity index (χ4n) is 19.0. The van der Waals surface area contributed by atoms with Gasteiger partial charge in [-0.1, -0.05) is 83.5 Å². The van der Waals surface area contributed by atoms with Crippen molar-refractivity contribution in [3.05, 3.63) is 0 Å². The van der Waals surface area contributed by atoms with Crippen LogP contribution in [0.25, 0.3) is 0 Å². The van der Waals surface area contributed by atoms with Gasteiger partial charge in [0, 0.05) is 48.2 Å². The fraction of sp³-hybridized carbons (Fsp3) is 0.960. The fourth-order valence-corrected chi connectivity index (χ4v) is 19.0. The molecule has 0 spiro atoms. The Labute approximate surface area is 336 Å². The lowest BCUT2D eigenvalue weighted by atomic mass is 9.57. The van der Waals surface area contributed by atoms with Crippen LogP contribution in [0.2, 0.25) is 0 Å². The molecule has 55 heavy (non-hydrogen) atoms. The predicted molar refractivity (Wildman–Crippen MR) is 219 cm³/mol. The Balaban J connectivity index is 1.10. The molecule has 0 radical (unpaired) electrons. The number of rotatable bonds is 4. The van der Waals surface area contributed by atoms with Gasteiger partial charge in [0.15, 0.2) is 0 Å². The van der Waals surface area contributed by atoms with Gasteiger partial charge in [-0.3, -0.25) is 14.7 Å². The summed E-state index contributed by atoms with van der Waals surface area (Å²) in [4.78, 5) is 10.4. The SMILES string of the molecule is N#CC1CCC(C2CC(N3C4CCCCC4C4CCCCC43)(N3C4CCCCC4C4CCCCC43)CC3C4CCCCC4N(C4CCCCC4)C23)C(C#N)C1. The first-order valence-corrected chi connectivity index (χ1v) is 25.3. The van der Waals surface area contributed by atoms with E-state index in [4.69, 9.17) is 0 Å². The van der Waals surface area contributed by atoms with Gasteiger partial charge in [-0.25, -0.2) is 0 Å². The van der Waals surface area contributed by atoms with E-state index in [1.165, 1.54) is 173 Å². The molecule has 0 aromatic rings. The number of nitriles is 2. The highest BCUT2D eigenvalue weighted by Gasteiger charge is 2.69. The Morgan fingerprint density at radius 1 is 0.382 bits per heavy atom. The Bertz CT molecular complexity index is 1360. The topological polar surface area (TPSA) is 57.3 Å². The molecule has 5 nitrogen and oxygen atoms in total. The van der Waals surface area contributed by atoms with Crippen LogP contribution in [0.15, 0.2) is 0 Å². The molecule has 16 atom stereocenters. The van der Waals surface area contributed by atoms with E-state index in [2.05, 4.69) is 26.8 Å². The molecular weight excluding hydrogens is 671 g/mol. The van der Waals surface area contributed by atoms with Gasteiger partial charge in [-0.15, -0.1) is 0 Å². The maximum atomic E-state index is 11.1. The molecular formula is C50H77N5. The lowest BCUT2D eigenvalue weighted by Crippen LogP contribution is -2.73. The second-order valence-electron chi connectivity index (χ2n) is 22.4. The van der Waals surface area contributed by atoms with E-state index in [9.17, 15) is 10.5 Å². The van der Waals surface area contributed by atoms with Gasteiger partial charge in [0.05, 0.1) is 23.7 Å². The molecule has 11 aliphatic rings. The maximum Gasteiger partial charge on any atom is 0.0754 e. The summed E-state index contributed by atoms with van der Waals surface area (Å²) in [6, 6.07) is 11.1. The van der Waals surface area contributed by atoms with Gasteiger partial charge in [0.25, 0.3) is 0 Å². The number of likely N-dealkylation sites (tertiary alicyclic amines) is 3. The van der Waals surface area contributed by atoms with Gasteiger partial charge < -0.3 is 0 Å². The summed E-state index contributed by atoms with van der Waals surface area (Å²) < 4.78 is 0. The summed E-state index contributed by atoms with van der Waals surface area (Å²) in [5, 5.41) is 21.4. The zero-order valence-corrected chi connectivity index (χ0v) is 34.8. The molecule has 0 amide bonds. The van der Waals surface area contributed by atoms with Crippen LogP contribution in [0.1, 0.15) is 193 Å². The first-order chi connectivity index (χ1) is 27.2. The van der Waals surface area contributed by atoms with Crippen molar-refractivity contribution in [2.24, 2.45) is 59.2 Å². The van der Waals surface area contributed by atoms with Gasteiger partial charge in [0.2, 0.25) is 0 Å². The number of nitrogens with zero attached hydrogens (tertiary/aromatic N) is 5.